The second-order valence-corrected chi connectivity index (χ2v) is 8.20. The van der Waals surface area contributed by atoms with Gasteiger partial charge in [-0.1, -0.05) is 19.9 Å². The molecule has 3 rings (SSSR count). The summed E-state index contributed by atoms with van der Waals surface area (Å²) in [5, 5.41) is 2.97. The molecule has 1 aromatic carbocycles. The van der Waals surface area contributed by atoms with E-state index in [1.54, 1.807) is 4.90 Å². The Hall–Kier alpha value is -1.93. The highest BCUT2D eigenvalue weighted by Crippen LogP contribution is 2.36. The van der Waals surface area contributed by atoms with Gasteiger partial charge in [0.1, 0.15) is 0 Å². The van der Waals surface area contributed by atoms with Crippen molar-refractivity contribution in [3.05, 3.63) is 23.8 Å². The van der Waals surface area contributed by atoms with E-state index < -0.39 is 0 Å². The van der Waals surface area contributed by atoms with E-state index in [-0.39, 0.29) is 29.8 Å². The number of morpholine rings is 1. The van der Waals surface area contributed by atoms with Gasteiger partial charge in [-0.25, -0.2) is 0 Å². The first-order chi connectivity index (χ1) is 13.0. The van der Waals surface area contributed by atoms with Gasteiger partial charge in [0.25, 0.3) is 0 Å². The maximum absolute atomic E-state index is 12.1. The molecule has 0 unspecified atom stereocenters. The lowest BCUT2D eigenvalue weighted by Gasteiger charge is -2.27. The topological polar surface area (TPSA) is 77.1 Å². The van der Waals surface area contributed by atoms with Gasteiger partial charge in [0, 0.05) is 25.0 Å². The van der Waals surface area contributed by atoms with Crippen molar-refractivity contribution in [2.45, 2.75) is 19.3 Å². The van der Waals surface area contributed by atoms with E-state index in [4.69, 9.17) is 14.2 Å². The van der Waals surface area contributed by atoms with E-state index in [2.05, 4.69) is 19.2 Å². The van der Waals surface area contributed by atoms with E-state index in [1.807, 2.05) is 18.2 Å². The first-order valence-corrected chi connectivity index (χ1v) is 10.2. The van der Waals surface area contributed by atoms with Crippen LogP contribution in [0.2, 0.25) is 0 Å². The van der Waals surface area contributed by atoms with Gasteiger partial charge >= 0.3 is 0 Å². The van der Waals surface area contributed by atoms with Gasteiger partial charge in [-0.3, -0.25) is 9.59 Å². The van der Waals surface area contributed by atoms with E-state index in [0.717, 1.165) is 17.1 Å². The number of thioether (sulfide) groups is 1. The smallest absolute Gasteiger partial charge is 0.232 e. The largest absolute Gasteiger partial charge is 0.454 e. The van der Waals surface area contributed by atoms with Crippen LogP contribution in [-0.4, -0.2) is 67.9 Å². The monoisotopic (exact) mass is 394 g/mol. The summed E-state index contributed by atoms with van der Waals surface area (Å²) >= 11 is 1.35. The number of nitrogens with zero attached hydrogens (tertiary/aromatic N) is 1. The van der Waals surface area contributed by atoms with Crippen molar-refractivity contribution in [3.63, 3.8) is 0 Å². The SMILES string of the molecule is CC(C)(CNC(=O)CSCC(=O)N1CCOCC1)c1ccc2c(c1)OCO2. The molecule has 27 heavy (non-hydrogen) atoms. The molecule has 148 valence electrons. The summed E-state index contributed by atoms with van der Waals surface area (Å²) in [7, 11) is 0. The Morgan fingerprint density at radius 2 is 1.89 bits per heavy atom. The normalized spacial score (nSPS) is 16.3. The van der Waals surface area contributed by atoms with Gasteiger partial charge in [0.15, 0.2) is 11.5 Å². The van der Waals surface area contributed by atoms with Crippen molar-refractivity contribution in [1.29, 1.82) is 0 Å². The minimum absolute atomic E-state index is 0.0661. The highest BCUT2D eigenvalue weighted by molar-refractivity contribution is 8.00. The minimum Gasteiger partial charge on any atom is -0.454 e. The number of nitrogens with one attached hydrogen (secondary N) is 1. The maximum atomic E-state index is 12.1. The summed E-state index contributed by atoms with van der Waals surface area (Å²) in [4.78, 5) is 26.0. The molecule has 1 aromatic rings. The third kappa shape index (κ3) is 5.29. The zero-order chi connectivity index (χ0) is 19.3. The first-order valence-electron chi connectivity index (χ1n) is 9.06. The summed E-state index contributed by atoms with van der Waals surface area (Å²) in [5.41, 5.74) is 0.826. The molecule has 0 spiro atoms. The molecule has 0 aromatic heterocycles. The molecule has 8 heteroatoms. The summed E-state index contributed by atoms with van der Waals surface area (Å²) in [6.07, 6.45) is 0. The lowest BCUT2D eigenvalue weighted by atomic mass is 9.84. The number of fused-ring (bicyclic) bond motifs is 1. The van der Waals surface area contributed by atoms with E-state index >= 15 is 0 Å². The predicted molar refractivity (Wildman–Crippen MR) is 103 cm³/mol. The highest BCUT2D eigenvalue weighted by Gasteiger charge is 2.25. The van der Waals surface area contributed by atoms with Crippen LogP contribution in [0.1, 0.15) is 19.4 Å². The molecule has 0 bridgehead atoms. The Kier molecular flexibility index (Phi) is 6.49. The summed E-state index contributed by atoms with van der Waals surface area (Å²) in [6.45, 7) is 7.34. The molecular weight excluding hydrogens is 368 g/mol. The summed E-state index contributed by atoms with van der Waals surface area (Å²) < 4.78 is 16.0. The standard InChI is InChI=1S/C19H26N2O5S/c1-19(2,14-3-4-15-16(9-14)26-13-25-15)12-20-17(22)10-27-11-18(23)21-5-7-24-8-6-21/h3-4,9H,5-8,10-13H2,1-2H3,(H,20,22). The van der Waals surface area contributed by atoms with Crippen molar-refractivity contribution >= 4 is 23.6 Å². The van der Waals surface area contributed by atoms with Crippen LogP contribution in [0, 0.1) is 0 Å². The van der Waals surface area contributed by atoms with Crippen molar-refractivity contribution in [1.82, 2.24) is 10.2 Å². The van der Waals surface area contributed by atoms with Gasteiger partial charge in [0.05, 0.1) is 24.7 Å². The molecule has 1 fully saturated rings. The summed E-state index contributed by atoms with van der Waals surface area (Å²) in [5.74, 6) is 2.08. The maximum Gasteiger partial charge on any atom is 0.232 e. The van der Waals surface area contributed by atoms with Crippen LogP contribution in [0.3, 0.4) is 0 Å². The van der Waals surface area contributed by atoms with Crippen LogP contribution in [-0.2, 0) is 19.7 Å². The molecule has 2 heterocycles. The quantitative estimate of drug-likeness (QED) is 0.753. The average Bonchev–Trinajstić information content (AvgIpc) is 3.15. The van der Waals surface area contributed by atoms with Crippen molar-refractivity contribution in [2.24, 2.45) is 0 Å². The third-order valence-corrected chi connectivity index (χ3v) is 5.62. The van der Waals surface area contributed by atoms with Crippen LogP contribution in [0.25, 0.3) is 0 Å². The van der Waals surface area contributed by atoms with Gasteiger partial charge in [-0.05, 0) is 17.7 Å². The van der Waals surface area contributed by atoms with Gasteiger partial charge < -0.3 is 24.4 Å². The summed E-state index contributed by atoms with van der Waals surface area (Å²) in [6, 6.07) is 5.86. The first kappa shape index (κ1) is 19.8. The number of amides is 2. The number of rotatable bonds is 7. The van der Waals surface area contributed by atoms with Crippen LogP contribution in [0.15, 0.2) is 18.2 Å². The lowest BCUT2D eigenvalue weighted by molar-refractivity contribution is -0.132. The minimum atomic E-state index is -0.245. The molecule has 0 aliphatic carbocycles. The van der Waals surface area contributed by atoms with Gasteiger partial charge in [-0.15, -0.1) is 11.8 Å². The molecule has 7 nitrogen and oxygen atoms in total. The van der Waals surface area contributed by atoms with Crippen LogP contribution in [0.5, 0.6) is 11.5 Å². The van der Waals surface area contributed by atoms with E-state index in [0.29, 0.717) is 38.6 Å². The Morgan fingerprint density at radius 3 is 2.67 bits per heavy atom. The molecule has 0 saturated carbocycles. The fourth-order valence-electron chi connectivity index (χ4n) is 2.93. The second kappa shape index (κ2) is 8.84. The molecule has 0 atom stereocenters. The van der Waals surface area contributed by atoms with Crippen LogP contribution < -0.4 is 14.8 Å². The third-order valence-electron chi connectivity index (χ3n) is 4.70. The van der Waals surface area contributed by atoms with Crippen LogP contribution in [0.4, 0.5) is 0 Å². The van der Waals surface area contributed by atoms with Crippen molar-refractivity contribution < 1.29 is 23.8 Å². The molecule has 1 saturated heterocycles. The Labute approximate surface area is 163 Å². The number of ether oxygens (including phenoxy) is 3. The van der Waals surface area contributed by atoms with Crippen LogP contribution >= 0.6 is 11.8 Å². The van der Waals surface area contributed by atoms with Gasteiger partial charge in [-0.2, -0.15) is 0 Å². The molecule has 1 N–H and O–H groups in total. The van der Waals surface area contributed by atoms with Gasteiger partial charge in [0.2, 0.25) is 18.6 Å². The second-order valence-electron chi connectivity index (χ2n) is 7.21. The molecule has 2 amide bonds. The molecule has 0 radical (unpaired) electrons. The fourth-order valence-corrected chi connectivity index (χ4v) is 3.67. The van der Waals surface area contributed by atoms with E-state index in [9.17, 15) is 9.59 Å². The zero-order valence-electron chi connectivity index (χ0n) is 15.8. The highest BCUT2D eigenvalue weighted by atomic mass is 32.2. The number of hydrogen-bond donors (Lipinski definition) is 1. The molecule has 2 aliphatic heterocycles. The number of hydrogen-bond acceptors (Lipinski definition) is 6. The average molecular weight is 394 g/mol. The fraction of sp³-hybridized carbons (Fsp3) is 0.579. The van der Waals surface area contributed by atoms with E-state index in [1.165, 1.54) is 11.8 Å². The molecular formula is C19H26N2O5S. The van der Waals surface area contributed by atoms with Crippen molar-refractivity contribution in [2.75, 3.05) is 51.1 Å². The Bertz CT molecular complexity index is 689. The Balaban J connectivity index is 1.40. The number of carbonyl (C=O) groups is 2. The molecule has 2 aliphatic rings. The zero-order valence-corrected chi connectivity index (χ0v) is 16.6. The number of benzene rings is 1. The predicted octanol–water partition coefficient (Wildman–Crippen LogP) is 1.40. The Morgan fingerprint density at radius 1 is 1.15 bits per heavy atom. The lowest BCUT2D eigenvalue weighted by Crippen LogP contribution is -2.42. The number of carbonyl (C=O) groups excluding carboxylic acids is 2. The van der Waals surface area contributed by atoms with Crippen molar-refractivity contribution in [3.8, 4) is 11.5 Å².